The molecular formula is C12H18ClNO2. The van der Waals surface area contributed by atoms with Gasteiger partial charge in [-0.3, -0.25) is 0 Å². The number of halogens is 1. The first-order chi connectivity index (χ1) is 7.77. The van der Waals surface area contributed by atoms with Crippen LogP contribution in [0.25, 0.3) is 0 Å². The highest BCUT2D eigenvalue weighted by Crippen LogP contribution is 2.26. The van der Waals surface area contributed by atoms with Gasteiger partial charge >= 0.3 is 0 Å². The van der Waals surface area contributed by atoms with E-state index in [-0.39, 0.29) is 0 Å². The molecule has 0 amide bonds. The molecule has 0 aliphatic rings. The van der Waals surface area contributed by atoms with Crippen LogP contribution in [-0.2, 0) is 4.74 Å². The third-order valence-corrected chi connectivity index (χ3v) is 2.45. The molecule has 0 heterocycles. The molecule has 4 heteroatoms. The van der Waals surface area contributed by atoms with E-state index in [2.05, 4.69) is 5.32 Å². The van der Waals surface area contributed by atoms with Crippen molar-refractivity contribution in [2.24, 2.45) is 0 Å². The molecule has 1 aromatic carbocycles. The average molecular weight is 244 g/mol. The van der Waals surface area contributed by atoms with Gasteiger partial charge in [-0.25, -0.2) is 0 Å². The summed E-state index contributed by atoms with van der Waals surface area (Å²) < 4.78 is 10.3. The van der Waals surface area contributed by atoms with E-state index in [4.69, 9.17) is 21.1 Å². The predicted molar refractivity (Wildman–Crippen MR) is 67.6 cm³/mol. The highest BCUT2D eigenvalue weighted by molar-refractivity contribution is 6.32. The van der Waals surface area contributed by atoms with Gasteiger partial charge in [0.2, 0.25) is 0 Å². The Kier molecular flexibility index (Phi) is 6.04. The molecule has 0 saturated carbocycles. The van der Waals surface area contributed by atoms with Crippen LogP contribution in [0.2, 0.25) is 5.02 Å². The van der Waals surface area contributed by atoms with Gasteiger partial charge in [-0.15, -0.1) is 0 Å². The molecule has 90 valence electrons. The number of rotatable bonds is 7. The van der Waals surface area contributed by atoms with E-state index in [0.717, 1.165) is 31.9 Å². The van der Waals surface area contributed by atoms with Crippen LogP contribution >= 0.6 is 11.6 Å². The summed E-state index contributed by atoms with van der Waals surface area (Å²) in [6, 6.07) is 5.67. The summed E-state index contributed by atoms with van der Waals surface area (Å²) in [6.45, 7) is 4.43. The molecule has 0 aliphatic carbocycles. The normalized spacial score (nSPS) is 10.2. The van der Waals surface area contributed by atoms with Crippen molar-refractivity contribution in [1.29, 1.82) is 0 Å². The molecule has 0 radical (unpaired) electrons. The smallest absolute Gasteiger partial charge is 0.137 e. The lowest BCUT2D eigenvalue weighted by Gasteiger charge is -2.08. The lowest BCUT2D eigenvalue weighted by molar-refractivity contribution is 0.147. The van der Waals surface area contributed by atoms with Crippen LogP contribution in [0, 0.1) is 0 Å². The number of benzene rings is 1. The van der Waals surface area contributed by atoms with E-state index < -0.39 is 0 Å². The molecule has 0 fully saturated rings. The van der Waals surface area contributed by atoms with Crippen LogP contribution in [0.4, 0.5) is 5.69 Å². The van der Waals surface area contributed by atoms with Crippen molar-refractivity contribution >= 4 is 17.3 Å². The summed E-state index contributed by atoms with van der Waals surface area (Å²) in [5, 5.41) is 3.90. The summed E-state index contributed by atoms with van der Waals surface area (Å²) in [7, 11) is 1.61. The number of methoxy groups -OCH3 is 1. The van der Waals surface area contributed by atoms with Gasteiger partial charge in [0, 0.05) is 25.4 Å². The largest absolute Gasteiger partial charge is 0.495 e. The fourth-order valence-corrected chi connectivity index (χ4v) is 1.59. The van der Waals surface area contributed by atoms with Gasteiger partial charge in [0.05, 0.1) is 12.1 Å². The number of hydrogen-bond donors (Lipinski definition) is 1. The molecule has 0 unspecified atom stereocenters. The molecule has 0 spiro atoms. The van der Waals surface area contributed by atoms with Gasteiger partial charge in [0.25, 0.3) is 0 Å². The summed E-state index contributed by atoms with van der Waals surface area (Å²) in [4.78, 5) is 0. The first-order valence-electron chi connectivity index (χ1n) is 5.43. The van der Waals surface area contributed by atoms with E-state index >= 15 is 0 Å². The molecule has 0 aromatic heterocycles. The zero-order chi connectivity index (χ0) is 11.8. The van der Waals surface area contributed by atoms with Gasteiger partial charge in [-0.1, -0.05) is 11.6 Å². The minimum Gasteiger partial charge on any atom is -0.495 e. The quantitative estimate of drug-likeness (QED) is 0.746. The second-order valence-electron chi connectivity index (χ2n) is 3.33. The second-order valence-corrected chi connectivity index (χ2v) is 3.73. The Morgan fingerprint density at radius 3 is 2.81 bits per heavy atom. The molecule has 0 atom stereocenters. The van der Waals surface area contributed by atoms with E-state index in [1.807, 2.05) is 25.1 Å². The minimum atomic E-state index is 0.623. The van der Waals surface area contributed by atoms with E-state index in [1.54, 1.807) is 7.11 Å². The summed E-state index contributed by atoms with van der Waals surface area (Å²) in [5.74, 6) is 0.696. The van der Waals surface area contributed by atoms with Crippen LogP contribution in [0.3, 0.4) is 0 Å². The van der Waals surface area contributed by atoms with Gasteiger partial charge in [0.1, 0.15) is 5.75 Å². The van der Waals surface area contributed by atoms with E-state index in [1.165, 1.54) is 0 Å². The van der Waals surface area contributed by atoms with Gasteiger partial charge in [-0.05, 0) is 31.5 Å². The fraction of sp³-hybridized carbons (Fsp3) is 0.500. The van der Waals surface area contributed by atoms with Crippen molar-refractivity contribution in [2.75, 3.05) is 32.2 Å². The summed E-state index contributed by atoms with van der Waals surface area (Å²) in [6.07, 6.45) is 0.984. The Bertz CT molecular complexity index is 318. The fourth-order valence-electron chi connectivity index (χ4n) is 1.33. The summed E-state index contributed by atoms with van der Waals surface area (Å²) >= 11 is 6.00. The Hall–Kier alpha value is -0.930. The average Bonchev–Trinajstić information content (AvgIpc) is 2.29. The maximum absolute atomic E-state index is 6.00. The third-order valence-electron chi connectivity index (χ3n) is 2.15. The molecule has 0 bridgehead atoms. The van der Waals surface area contributed by atoms with Gasteiger partial charge in [0.15, 0.2) is 0 Å². The van der Waals surface area contributed by atoms with Crippen LogP contribution in [-0.4, -0.2) is 26.9 Å². The predicted octanol–water partition coefficient (Wildman–Crippen LogP) is 3.19. The standard InChI is InChI=1S/C12H18ClNO2/c1-3-16-8-4-7-14-10-5-6-12(15-2)11(13)9-10/h5-6,9,14H,3-4,7-8H2,1-2H3. The van der Waals surface area contributed by atoms with Crippen molar-refractivity contribution in [3.63, 3.8) is 0 Å². The van der Waals surface area contributed by atoms with Crippen molar-refractivity contribution in [3.05, 3.63) is 23.2 Å². The molecule has 1 N–H and O–H groups in total. The number of nitrogens with one attached hydrogen (secondary N) is 1. The zero-order valence-corrected chi connectivity index (χ0v) is 10.5. The zero-order valence-electron chi connectivity index (χ0n) is 9.75. The molecule has 1 aromatic rings. The maximum Gasteiger partial charge on any atom is 0.137 e. The van der Waals surface area contributed by atoms with Crippen LogP contribution < -0.4 is 10.1 Å². The molecule has 3 nitrogen and oxygen atoms in total. The first-order valence-corrected chi connectivity index (χ1v) is 5.81. The van der Waals surface area contributed by atoms with Crippen LogP contribution in [0.1, 0.15) is 13.3 Å². The monoisotopic (exact) mass is 243 g/mol. The highest BCUT2D eigenvalue weighted by Gasteiger charge is 2.00. The number of hydrogen-bond acceptors (Lipinski definition) is 3. The lowest BCUT2D eigenvalue weighted by atomic mass is 10.3. The Labute approximate surface area is 102 Å². The van der Waals surface area contributed by atoms with Crippen LogP contribution in [0.5, 0.6) is 5.75 Å². The number of ether oxygens (including phenoxy) is 2. The molecule has 16 heavy (non-hydrogen) atoms. The van der Waals surface area contributed by atoms with Crippen molar-refractivity contribution in [2.45, 2.75) is 13.3 Å². The molecule has 0 aliphatic heterocycles. The SMILES string of the molecule is CCOCCCNc1ccc(OC)c(Cl)c1. The first kappa shape index (κ1) is 13.1. The minimum absolute atomic E-state index is 0.623. The third kappa shape index (κ3) is 4.29. The van der Waals surface area contributed by atoms with Gasteiger partial charge in [-0.2, -0.15) is 0 Å². The maximum atomic E-state index is 6.00. The topological polar surface area (TPSA) is 30.5 Å². The number of anilines is 1. The van der Waals surface area contributed by atoms with Crippen molar-refractivity contribution in [1.82, 2.24) is 0 Å². The Morgan fingerprint density at radius 2 is 2.19 bits per heavy atom. The highest BCUT2D eigenvalue weighted by atomic mass is 35.5. The van der Waals surface area contributed by atoms with Gasteiger partial charge < -0.3 is 14.8 Å². The molecule has 0 saturated heterocycles. The molecular weight excluding hydrogens is 226 g/mol. The Balaban J connectivity index is 2.34. The second kappa shape index (κ2) is 7.36. The van der Waals surface area contributed by atoms with Crippen molar-refractivity contribution < 1.29 is 9.47 Å². The van der Waals surface area contributed by atoms with Crippen molar-refractivity contribution in [3.8, 4) is 5.75 Å². The van der Waals surface area contributed by atoms with E-state index in [0.29, 0.717) is 10.8 Å². The summed E-state index contributed by atoms with van der Waals surface area (Å²) in [5.41, 5.74) is 1.00. The van der Waals surface area contributed by atoms with Crippen LogP contribution in [0.15, 0.2) is 18.2 Å². The van der Waals surface area contributed by atoms with E-state index in [9.17, 15) is 0 Å². The lowest BCUT2D eigenvalue weighted by Crippen LogP contribution is -2.05. The molecule has 1 rings (SSSR count). The Morgan fingerprint density at radius 1 is 1.38 bits per heavy atom.